The number of nitrogens with zero attached hydrogens (tertiary/aromatic N) is 1. The summed E-state index contributed by atoms with van der Waals surface area (Å²) < 4.78 is 12.7. The molecule has 1 N–H and O–H groups in total. The first-order chi connectivity index (χ1) is 8.56. The summed E-state index contributed by atoms with van der Waals surface area (Å²) in [4.78, 5) is 4.00. The van der Waals surface area contributed by atoms with Crippen molar-refractivity contribution in [1.29, 1.82) is 0 Å². The monoisotopic (exact) mass is 285 g/mol. The number of pyridine rings is 1. The summed E-state index contributed by atoms with van der Waals surface area (Å²) in [5.74, 6) is -0.309. The summed E-state index contributed by atoms with van der Waals surface area (Å²) in [5, 5.41) is 10.8. The lowest BCUT2D eigenvalue weighted by atomic mass is 10.1. The van der Waals surface area contributed by atoms with Gasteiger partial charge in [-0.05, 0) is 23.8 Å². The standard InChI is InChI=1S/C13H10Cl2FNO/c14-9-6-11(15)13(17-7-9)12(18)5-8-1-3-10(16)4-2-8/h1-4,6-7,12,18H,5H2. The van der Waals surface area contributed by atoms with E-state index in [1.807, 2.05) is 0 Å². The molecule has 0 saturated heterocycles. The molecule has 94 valence electrons. The maximum Gasteiger partial charge on any atom is 0.123 e. The van der Waals surface area contributed by atoms with Crippen LogP contribution in [0, 0.1) is 5.82 Å². The van der Waals surface area contributed by atoms with Crippen molar-refractivity contribution in [2.24, 2.45) is 0 Å². The van der Waals surface area contributed by atoms with Crippen molar-refractivity contribution in [3.8, 4) is 0 Å². The minimum atomic E-state index is -0.847. The van der Waals surface area contributed by atoms with Crippen LogP contribution in [0.15, 0.2) is 36.5 Å². The van der Waals surface area contributed by atoms with Crippen LogP contribution < -0.4 is 0 Å². The van der Waals surface area contributed by atoms with E-state index in [4.69, 9.17) is 23.2 Å². The van der Waals surface area contributed by atoms with Crippen LogP contribution in [0.5, 0.6) is 0 Å². The quantitative estimate of drug-likeness (QED) is 0.930. The summed E-state index contributed by atoms with van der Waals surface area (Å²) in [6.07, 6.45) is 0.894. The minimum absolute atomic E-state index is 0.309. The van der Waals surface area contributed by atoms with Gasteiger partial charge in [-0.3, -0.25) is 4.98 Å². The van der Waals surface area contributed by atoms with Crippen molar-refractivity contribution in [2.45, 2.75) is 12.5 Å². The third-order valence-corrected chi connectivity index (χ3v) is 3.00. The van der Waals surface area contributed by atoms with E-state index in [0.717, 1.165) is 5.56 Å². The van der Waals surface area contributed by atoms with Crippen molar-refractivity contribution in [2.75, 3.05) is 0 Å². The molecule has 5 heteroatoms. The Morgan fingerprint density at radius 2 is 1.89 bits per heavy atom. The Hall–Kier alpha value is -1.16. The van der Waals surface area contributed by atoms with Gasteiger partial charge in [-0.15, -0.1) is 0 Å². The van der Waals surface area contributed by atoms with E-state index in [-0.39, 0.29) is 5.82 Å². The van der Waals surface area contributed by atoms with Gasteiger partial charge >= 0.3 is 0 Å². The molecule has 2 nitrogen and oxygen atoms in total. The first-order valence-corrected chi connectivity index (χ1v) is 6.05. The van der Waals surface area contributed by atoms with Gasteiger partial charge in [0.25, 0.3) is 0 Å². The zero-order valence-corrected chi connectivity index (χ0v) is 10.8. The average molecular weight is 286 g/mol. The molecule has 0 amide bonds. The van der Waals surface area contributed by atoms with Gasteiger partial charge in [0.2, 0.25) is 0 Å². The zero-order chi connectivity index (χ0) is 13.1. The largest absolute Gasteiger partial charge is 0.386 e. The molecular formula is C13H10Cl2FNO. The van der Waals surface area contributed by atoms with Crippen LogP contribution in [0.2, 0.25) is 10.0 Å². The van der Waals surface area contributed by atoms with Crippen molar-refractivity contribution >= 4 is 23.2 Å². The lowest BCUT2D eigenvalue weighted by Crippen LogP contribution is -2.05. The van der Waals surface area contributed by atoms with E-state index in [1.54, 1.807) is 12.1 Å². The molecule has 1 aromatic carbocycles. The predicted octanol–water partition coefficient (Wildman–Crippen LogP) is 3.80. The molecule has 2 rings (SSSR count). The van der Waals surface area contributed by atoms with Gasteiger partial charge in [-0.2, -0.15) is 0 Å². The molecule has 1 aromatic heterocycles. The van der Waals surface area contributed by atoms with E-state index >= 15 is 0 Å². The SMILES string of the molecule is OC(Cc1ccc(F)cc1)c1ncc(Cl)cc1Cl. The van der Waals surface area contributed by atoms with Gasteiger partial charge < -0.3 is 5.11 Å². The fraction of sp³-hybridized carbons (Fsp3) is 0.154. The van der Waals surface area contributed by atoms with Crippen LogP contribution in [0.1, 0.15) is 17.4 Å². The number of halogens is 3. The third kappa shape index (κ3) is 3.19. The van der Waals surface area contributed by atoms with Gasteiger partial charge in [0.05, 0.1) is 15.7 Å². The second-order valence-corrected chi connectivity index (χ2v) is 4.71. The molecule has 0 radical (unpaired) electrons. The van der Waals surface area contributed by atoms with Crippen molar-refractivity contribution in [3.05, 3.63) is 63.6 Å². The molecule has 0 aliphatic rings. The number of aliphatic hydroxyl groups is 1. The molecule has 0 aliphatic heterocycles. The lowest BCUT2D eigenvalue weighted by Gasteiger charge is -2.11. The van der Waals surface area contributed by atoms with Crippen molar-refractivity contribution < 1.29 is 9.50 Å². The number of hydrogen-bond acceptors (Lipinski definition) is 2. The van der Waals surface area contributed by atoms with Gasteiger partial charge in [0.1, 0.15) is 11.9 Å². The van der Waals surface area contributed by atoms with Crippen LogP contribution in [0.4, 0.5) is 4.39 Å². The number of rotatable bonds is 3. The zero-order valence-electron chi connectivity index (χ0n) is 9.28. The topological polar surface area (TPSA) is 33.1 Å². The lowest BCUT2D eigenvalue weighted by molar-refractivity contribution is 0.173. The normalized spacial score (nSPS) is 12.4. The maximum absolute atomic E-state index is 12.7. The highest BCUT2D eigenvalue weighted by atomic mass is 35.5. The number of aromatic nitrogens is 1. The minimum Gasteiger partial charge on any atom is -0.386 e. The fourth-order valence-corrected chi connectivity index (χ4v) is 2.12. The summed E-state index contributed by atoms with van der Waals surface area (Å²) in [6, 6.07) is 7.45. The first kappa shape index (κ1) is 13.3. The van der Waals surface area contributed by atoms with Crippen molar-refractivity contribution in [3.63, 3.8) is 0 Å². The Balaban J connectivity index is 2.16. The number of hydrogen-bond donors (Lipinski definition) is 1. The maximum atomic E-state index is 12.7. The summed E-state index contributed by atoms with van der Waals surface area (Å²) >= 11 is 11.7. The van der Waals surface area contributed by atoms with Crippen LogP contribution in [0.25, 0.3) is 0 Å². The van der Waals surface area contributed by atoms with E-state index in [1.165, 1.54) is 24.4 Å². The van der Waals surface area contributed by atoms with Gasteiger partial charge in [0.15, 0.2) is 0 Å². The first-order valence-electron chi connectivity index (χ1n) is 5.29. The highest BCUT2D eigenvalue weighted by Crippen LogP contribution is 2.26. The Bertz CT molecular complexity index is 545. The molecule has 1 atom stereocenters. The smallest absolute Gasteiger partial charge is 0.123 e. The summed E-state index contributed by atoms with van der Waals surface area (Å²) in [5.41, 5.74) is 1.17. The molecule has 0 saturated carbocycles. The molecule has 0 spiro atoms. The molecule has 18 heavy (non-hydrogen) atoms. The Kier molecular flexibility index (Phi) is 4.17. The summed E-state index contributed by atoms with van der Waals surface area (Å²) in [6.45, 7) is 0. The molecule has 0 bridgehead atoms. The fourth-order valence-electron chi connectivity index (χ4n) is 1.61. The Morgan fingerprint density at radius 3 is 2.50 bits per heavy atom. The third-order valence-electron chi connectivity index (χ3n) is 2.49. The molecule has 0 fully saturated rings. The number of aliphatic hydroxyl groups excluding tert-OH is 1. The number of benzene rings is 1. The van der Waals surface area contributed by atoms with E-state index in [0.29, 0.717) is 22.2 Å². The molecule has 1 heterocycles. The van der Waals surface area contributed by atoms with Crippen LogP contribution in [0.3, 0.4) is 0 Å². The molecular weight excluding hydrogens is 276 g/mol. The van der Waals surface area contributed by atoms with E-state index < -0.39 is 6.10 Å². The van der Waals surface area contributed by atoms with Gasteiger partial charge in [-0.1, -0.05) is 35.3 Å². The molecule has 2 aromatic rings. The summed E-state index contributed by atoms with van der Waals surface area (Å²) in [7, 11) is 0. The molecule has 1 unspecified atom stereocenters. The van der Waals surface area contributed by atoms with Gasteiger partial charge in [-0.25, -0.2) is 4.39 Å². The van der Waals surface area contributed by atoms with Gasteiger partial charge in [0, 0.05) is 12.6 Å². The molecule has 0 aliphatic carbocycles. The second kappa shape index (κ2) is 5.65. The Morgan fingerprint density at radius 1 is 1.22 bits per heavy atom. The Labute approximate surface area is 114 Å². The van der Waals surface area contributed by atoms with Crippen molar-refractivity contribution in [1.82, 2.24) is 4.98 Å². The average Bonchev–Trinajstić information content (AvgIpc) is 2.32. The van der Waals surface area contributed by atoms with E-state index in [2.05, 4.69) is 4.98 Å². The predicted molar refractivity (Wildman–Crippen MR) is 69.3 cm³/mol. The van der Waals surface area contributed by atoms with Crippen LogP contribution >= 0.6 is 23.2 Å². The second-order valence-electron chi connectivity index (χ2n) is 3.87. The van der Waals surface area contributed by atoms with Crippen LogP contribution in [-0.4, -0.2) is 10.1 Å². The highest BCUT2D eigenvalue weighted by molar-refractivity contribution is 6.34. The van der Waals surface area contributed by atoms with Crippen LogP contribution in [-0.2, 0) is 6.42 Å². The van der Waals surface area contributed by atoms with E-state index in [9.17, 15) is 9.50 Å². The highest BCUT2D eigenvalue weighted by Gasteiger charge is 2.14.